The monoisotopic (exact) mass is 175 g/mol. The molecule has 0 spiro atoms. The summed E-state index contributed by atoms with van der Waals surface area (Å²) >= 11 is 0. The van der Waals surface area contributed by atoms with Crippen molar-refractivity contribution in [3.05, 3.63) is 34.9 Å². The zero-order valence-electron chi connectivity index (χ0n) is 7.24. The maximum atomic E-state index is 10.4. The van der Waals surface area contributed by atoms with Gasteiger partial charge in [-0.2, -0.15) is 5.26 Å². The quantitative estimate of drug-likeness (QED) is 0.740. The van der Waals surface area contributed by atoms with E-state index in [1.54, 1.807) is 25.1 Å². The number of carboxylic acids is 1. The van der Waals surface area contributed by atoms with Crippen LogP contribution in [0.15, 0.2) is 18.2 Å². The molecule has 0 fully saturated rings. The normalized spacial score (nSPS) is 9.23. The number of rotatable bonds is 2. The summed E-state index contributed by atoms with van der Waals surface area (Å²) < 4.78 is 0. The van der Waals surface area contributed by atoms with Gasteiger partial charge in [-0.3, -0.25) is 4.79 Å². The lowest BCUT2D eigenvalue weighted by Gasteiger charge is -2.01. The first-order chi connectivity index (χ1) is 6.13. The van der Waals surface area contributed by atoms with Crippen LogP contribution in [0.4, 0.5) is 0 Å². The molecule has 0 aliphatic heterocycles. The number of carbonyl (C=O) groups is 1. The maximum absolute atomic E-state index is 10.4. The molecule has 1 rings (SSSR count). The number of carboxylic acid groups (broad SMARTS) is 1. The molecule has 0 amide bonds. The van der Waals surface area contributed by atoms with Crippen molar-refractivity contribution in [2.24, 2.45) is 0 Å². The molecule has 0 bridgehead atoms. The molecule has 0 heterocycles. The molecule has 0 saturated carbocycles. The van der Waals surface area contributed by atoms with E-state index in [2.05, 4.69) is 0 Å². The molecule has 66 valence electrons. The summed E-state index contributed by atoms with van der Waals surface area (Å²) in [5.74, 6) is -0.854. The molecule has 13 heavy (non-hydrogen) atoms. The van der Waals surface area contributed by atoms with Crippen molar-refractivity contribution in [1.82, 2.24) is 0 Å². The highest BCUT2D eigenvalue weighted by molar-refractivity contribution is 5.70. The van der Waals surface area contributed by atoms with E-state index in [0.717, 1.165) is 11.1 Å². The van der Waals surface area contributed by atoms with Gasteiger partial charge in [-0.05, 0) is 30.2 Å². The van der Waals surface area contributed by atoms with Crippen LogP contribution in [0, 0.1) is 18.3 Å². The molecule has 0 aliphatic rings. The minimum absolute atomic E-state index is 0.0115. The molecule has 3 heteroatoms. The zero-order valence-corrected chi connectivity index (χ0v) is 7.24. The van der Waals surface area contributed by atoms with Crippen molar-refractivity contribution in [1.29, 1.82) is 5.26 Å². The highest BCUT2D eigenvalue weighted by Crippen LogP contribution is 2.10. The highest BCUT2D eigenvalue weighted by atomic mass is 16.4. The Balaban J connectivity index is 3.00. The Kier molecular flexibility index (Phi) is 2.65. The summed E-state index contributed by atoms with van der Waals surface area (Å²) in [6.45, 7) is 1.80. The molecule has 1 N–H and O–H groups in total. The molecular weight excluding hydrogens is 166 g/mol. The van der Waals surface area contributed by atoms with E-state index in [4.69, 9.17) is 10.4 Å². The molecule has 0 aromatic heterocycles. The maximum Gasteiger partial charge on any atom is 0.307 e. The van der Waals surface area contributed by atoms with Gasteiger partial charge >= 0.3 is 5.97 Å². The van der Waals surface area contributed by atoms with E-state index in [-0.39, 0.29) is 6.42 Å². The van der Waals surface area contributed by atoms with Crippen molar-refractivity contribution in [3.63, 3.8) is 0 Å². The van der Waals surface area contributed by atoms with E-state index in [0.29, 0.717) is 5.56 Å². The van der Waals surface area contributed by atoms with E-state index >= 15 is 0 Å². The predicted octanol–water partition coefficient (Wildman–Crippen LogP) is 1.49. The van der Waals surface area contributed by atoms with Gasteiger partial charge in [0.2, 0.25) is 0 Å². The molecule has 1 aromatic carbocycles. The van der Waals surface area contributed by atoms with Crippen LogP contribution < -0.4 is 0 Å². The lowest BCUT2D eigenvalue weighted by Crippen LogP contribution is -2.01. The molecule has 0 radical (unpaired) electrons. The van der Waals surface area contributed by atoms with Crippen LogP contribution in [0.3, 0.4) is 0 Å². The van der Waals surface area contributed by atoms with Gasteiger partial charge in [-0.1, -0.05) is 6.07 Å². The Labute approximate surface area is 76.2 Å². The van der Waals surface area contributed by atoms with Gasteiger partial charge in [-0.25, -0.2) is 0 Å². The van der Waals surface area contributed by atoms with Crippen LogP contribution in [-0.2, 0) is 11.2 Å². The van der Waals surface area contributed by atoms with Gasteiger partial charge in [-0.15, -0.1) is 0 Å². The Hall–Kier alpha value is -1.82. The van der Waals surface area contributed by atoms with Crippen LogP contribution >= 0.6 is 0 Å². The van der Waals surface area contributed by atoms with Crippen molar-refractivity contribution >= 4 is 5.97 Å². The van der Waals surface area contributed by atoms with E-state index in [1.165, 1.54) is 0 Å². The number of nitriles is 1. The number of aryl methyl sites for hydroxylation is 1. The van der Waals surface area contributed by atoms with Crippen molar-refractivity contribution in [2.45, 2.75) is 13.3 Å². The predicted molar refractivity (Wildman–Crippen MR) is 47.2 cm³/mol. The largest absolute Gasteiger partial charge is 0.481 e. The standard InChI is InChI=1S/C10H9NO2/c1-7-4-8(6-11)2-3-9(7)5-10(12)13/h2-4H,5H2,1H3,(H,12,13). The fraction of sp³-hybridized carbons (Fsp3) is 0.200. The molecule has 0 unspecified atom stereocenters. The Morgan fingerprint density at radius 1 is 1.62 bits per heavy atom. The number of nitrogens with zero attached hydrogens (tertiary/aromatic N) is 1. The third-order valence-corrected chi connectivity index (χ3v) is 1.81. The van der Waals surface area contributed by atoms with Crippen LogP contribution in [0.2, 0.25) is 0 Å². The first-order valence-electron chi connectivity index (χ1n) is 3.85. The summed E-state index contributed by atoms with van der Waals surface area (Å²) in [6, 6.07) is 7.01. The second-order valence-electron chi connectivity index (χ2n) is 2.82. The number of hydrogen-bond donors (Lipinski definition) is 1. The molecule has 0 aliphatic carbocycles. The topological polar surface area (TPSA) is 61.1 Å². The highest BCUT2D eigenvalue weighted by Gasteiger charge is 2.03. The lowest BCUT2D eigenvalue weighted by atomic mass is 10.0. The second-order valence-corrected chi connectivity index (χ2v) is 2.82. The second kappa shape index (κ2) is 3.72. The first-order valence-corrected chi connectivity index (χ1v) is 3.85. The average molecular weight is 175 g/mol. The minimum atomic E-state index is -0.854. The lowest BCUT2D eigenvalue weighted by molar-refractivity contribution is -0.136. The number of benzene rings is 1. The first kappa shape index (κ1) is 9.27. The van der Waals surface area contributed by atoms with Gasteiger partial charge in [0.25, 0.3) is 0 Å². The van der Waals surface area contributed by atoms with Crippen molar-refractivity contribution in [2.75, 3.05) is 0 Å². The third-order valence-electron chi connectivity index (χ3n) is 1.81. The van der Waals surface area contributed by atoms with Gasteiger partial charge in [0, 0.05) is 0 Å². The average Bonchev–Trinajstić information content (AvgIpc) is 2.08. The van der Waals surface area contributed by atoms with E-state index in [9.17, 15) is 4.79 Å². The Morgan fingerprint density at radius 3 is 2.77 bits per heavy atom. The van der Waals surface area contributed by atoms with Crippen molar-refractivity contribution in [3.8, 4) is 6.07 Å². The van der Waals surface area contributed by atoms with E-state index < -0.39 is 5.97 Å². The summed E-state index contributed by atoms with van der Waals surface area (Å²) in [5.41, 5.74) is 2.17. The van der Waals surface area contributed by atoms with Gasteiger partial charge in [0.15, 0.2) is 0 Å². The number of aliphatic carboxylic acids is 1. The van der Waals surface area contributed by atoms with Gasteiger partial charge in [0.05, 0.1) is 18.1 Å². The summed E-state index contributed by atoms with van der Waals surface area (Å²) in [5, 5.41) is 17.1. The molecular formula is C10H9NO2. The molecule has 1 aromatic rings. The van der Waals surface area contributed by atoms with Crippen LogP contribution in [0.5, 0.6) is 0 Å². The third kappa shape index (κ3) is 2.31. The summed E-state index contributed by atoms with van der Waals surface area (Å²) in [7, 11) is 0. The van der Waals surface area contributed by atoms with Crippen LogP contribution in [0.25, 0.3) is 0 Å². The van der Waals surface area contributed by atoms with E-state index in [1.807, 2.05) is 6.07 Å². The van der Waals surface area contributed by atoms with Gasteiger partial charge < -0.3 is 5.11 Å². The number of hydrogen-bond acceptors (Lipinski definition) is 2. The molecule has 0 saturated heterocycles. The fourth-order valence-electron chi connectivity index (χ4n) is 1.13. The Morgan fingerprint density at radius 2 is 2.31 bits per heavy atom. The smallest absolute Gasteiger partial charge is 0.307 e. The zero-order chi connectivity index (χ0) is 9.84. The van der Waals surface area contributed by atoms with Crippen LogP contribution in [0.1, 0.15) is 16.7 Å². The minimum Gasteiger partial charge on any atom is -0.481 e. The SMILES string of the molecule is Cc1cc(C#N)ccc1CC(=O)O. The van der Waals surface area contributed by atoms with Crippen molar-refractivity contribution < 1.29 is 9.90 Å². The fourth-order valence-corrected chi connectivity index (χ4v) is 1.13. The summed E-state index contributed by atoms with van der Waals surface area (Å²) in [4.78, 5) is 10.4. The summed E-state index contributed by atoms with van der Waals surface area (Å²) in [6.07, 6.45) is 0.0115. The molecule has 3 nitrogen and oxygen atoms in total. The van der Waals surface area contributed by atoms with Crippen LogP contribution in [-0.4, -0.2) is 11.1 Å². The molecule has 0 atom stereocenters. The van der Waals surface area contributed by atoms with Gasteiger partial charge in [0.1, 0.15) is 0 Å². The Bertz CT molecular complexity index is 377.